The van der Waals surface area contributed by atoms with E-state index in [1.807, 2.05) is 55.5 Å². The van der Waals surface area contributed by atoms with Crippen LogP contribution >= 0.6 is 0 Å². The molecule has 0 aliphatic carbocycles. The van der Waals surface area contributed by atoms with Gasteiger partial charge in [-0.25, -0.2) is 5.43 Å². The maximum atomic E-state index is 11.7. The summed E-state index contributed by atoms with van der Waals surface area (Å²) in [5, 5.41) is 6.36. The molecule has 5 nitrogen and oxygen atoms in total. The van der Waals surface area contributed by atoms with Gasteiger partial charge in [0.15, 0.2) is 0 Å². The Bertz CT molecular complexity index is 719. The summed E-state index contributed by atoms with van der Waals surface area (Å²) in [7, 11) is 0. The predicted molar refractivity (Wildman–Crippen MR) is 94.6 cm³/mol. The van der Waals surface area contributed by atoms with Gasteiger partial charge >= 0.3 is 11.8 Å². The lowest BCUT2D eigenvalue weighted by atomic mass is 10.1. The Hall–Kier alpha value is -2.95. The minimum Gasteiger partial charge on any atom is -0.344 e. The van der Waals surface area contributed by atoms with Crippen LogP contribution in [-0.2, 0) is 22.6 Å². The summed E-state index contributed by atoms with van der Waals surface area (Å²) < 4.78 is 0. The summed E-state index contributed by atoms with van der Waals surface area (Å²) in [6, 6.07) is 15.5. The molecule has 0 aromatic heterocycles. The SMILES string of the molecule is CCc1ccc(/C=N\NC(=O)C(=O)NCc2ccc(C)cc2)cc1. The minimum atomic E-state index is -0.788. The van der Waals surface area contributed by atoms with Gasteiger partial charge in [0.2, 0.25) is 0 Å². The summed E-state index contributed by atoms with van der Waals surface area (Å²) >= 11 is 0. The van der Waals surface area contributed by atoms with Gasteiger partial charge in [-0.15, -0.1) is 0 Å². The number of benzene rings is 2. The number of nitrogens with one attached hydrogen (secondary N) is 2. The van der Waals surface area contributed by atoms with Crippen LogP contribution in [0.5, 0.6) is 0 Å². The molecule has 0 aliphatic heterocycles. The van der Waals surface area contributed by atoms with Crippen molar-refractivity contribution in [3.05, 3.63) is 70.8 Å². The molecule has 124 valence electrons. The van der Waals surface area contributed by atoms with Gasteiger partial charge in [0.05, 0.1) is 6.21 Å². The highest BCUT2D eigenvalue weighted by Crippen LogP contribution is 2.03. The van der Waals surface area contributed by atoms with E-state index in [-0.39, 0.29) is 0 Å². The number of carbonyl (C=O) groups is 2. The molecule has 0 saturated carbocycles. The van der Waals surface area contributed by atoms with Crippen molar-refractivity contribution < 1.29 is 9.59 Å². The number of hydrazone groups is 1. The molecule has 24 heavy (non-hydrogen) atoms. The maximum Gasteiger partial charge on any atom is 0.329 e. The number of aryl methyl sites for hydroxylation is 2. The van der Waals surface area contributed by atoms with Crippen LogP contribution in [0.25, 0.3) is 0 Å². The molecule has 0 fully saturated rings. The second-order valence-electron chi connectivity index (χ2n) is 5.46. The van der Waals surface area contributed by atoms with E-state index in [1.165, 1.54) is 11.8 Å². The molecule has 0 bridgehead atoms. The van der Waals surface area contributed by atoms with Crippen molar-refractivity contribution in [3.8, 4) is 0 Å². The van der Waals surface area contributed by atoms with Crippen LogP contribution in [0.1, 0.15) is 29.2 Å². The third-order valence-electron chi connectivity index (χ3n) is 3.55. The molecule has 2 N–H and O–H groups in total. The van der Waals surface area contributed by atoms with E-state index < -0.39 is 11.8 Å². The van der Waals surface area contributed by atoms with Crippen molar-refractivity contribution in [3.63, 3.8) is 0 Å². The quantitative estimate of drug-likeness (QED) is 0.504. The first-order valence-electron chi connectivity index (χ1n) is 7.84. The van der Waals surface area contributed by atoms with Crippen molar-refractivity contribution >= 4 is 18.0 Å². The van der Waals surface area contributed by atoms with Crippen LogP contribution in [0.3, 0.4) is 0 Å². The van der Waals surface area contributed by atoms with Crippen molar-refractivity contribution in [2.24, 2.45) is 5.10 Å². The van der Waals surface area contributed by atoms with E-state index in [9.17, 15) is 9.59 Å². The van der Waals surface area contributed by atoms with E-state index >= 15 is 0 Å². The highest BCUT2D eigenvalue weighted by Gasteiger charge is 2.11. The van der Waals surface area contributed by atoms with Gasteiger partial charge in [-0.3, -0.25) is 9.59 Å². The van der Waals surface area contributed by atoms with E-state index in [0.717, 1.165) is 23.1 Å². The number of nitrogens with zero attached hydrogens (tertiary/aromatic N) is 1. The summed E-state index contributed by atoms with van der Waals surface area (Å²) in [4.78, 5) is 23.4. The fourth-order valence-corrected chi connectivity index (χ4v) is 2.02. The minimum absolute atomic E-state index is 0.300. The van der Waals surface area contributed by atoms with E-state index in [4.69, 9.17) is 0 Å². The number of rotatable bonds is 5. The van der Waals surface area contributed by atoms with Gasteiger partial charge in [-0.05, 0) is 30.0 Å². The zero-order valence-electron chi connectivity index (χ0n) is 13.9. The number of hydrogen-bond acceptors (Lipinski definition) is 3. The molecule has 0 spiro atoms. The van der Waals surface area contributed by atoms with Gasteiger partial charge in [0, 0.05) is 6.54 Å². The lowest BCUT2D eigenvalue weighted by Gasteiger charge is -2.04. The Labute approximate surface area is 141 Å². The number of carbonyl (C=O) groups excluding carboxylic acids is 2. The zero-order chi connectivity index (χ0) is 17.4. The Morgan fingerprint density at radius 1 is 0.958 bits per heavy atom. The Kier molecular flexibility index (Phi) is 6.25. The van der Waals surface area contributed by atoms with Crippen LogP contribution in [0, 0.1) is 6.92 Å². The Morgan fingerprint density at radius 3 is 2.21 bits per heavy atom. The Morgan fingerprint density at radius 2 is 1.58 bits per heavy atom. The average molecular weight is 323 g/mol. The highest BCUT2D eigenvalue weighted by atomic mass is 16.2. The number of hydrogen-bond donors (Lipinski definition) is 2. The summed E-state index contributed by atoms with van der Waals surface area (Å²) in [5.74, 6) is -1.50. The van der Waals surface area contributed by atoms with Gasteiger partial charge < -0.3 is 5.32 Å². The van der Waals surface area contributed by atoms with Crippen molar-refractivity contribution in [1.82, 2.24) is 10.7 Å². The molecule has 2 rings (SSSR count). The molecule has 5 heteroatoms. The van der Waals surface area contributed by atoms with Crippen LogP contribution in [0.15, 0.2) is 53.6 Å². The first-order valence-corrected chi connectivity index (χ1v) is 7.84. The highest BCUT2D eigenvalue weighted by molar-refractivity contribution is 6.35. The number of amides is 2. The lowest BCUT2D eigenvalue weighted by molar-refractivity contribution is -0.139. The predicted octanol–water partition coefficient (Wildman–Crippen LogP) is 2.32. The largest absolute Gasteiger partial charge is 0.344 e. The molecule has 2 aromatic rings. The lowest BCUT2D eigenvalue weighted by Crippen LogP contribution is -2.37. The van der Waals surface area contributed by atoms with Gasteiger partial charge in [0.25, 0.3) is 0 Å². The van der Waals surface area contributed by atoms with Gasteiger partial charge in [-0.2, -0.15) is 5.10 Å². The molecule has 0 atom stereocenters. The summed E-state index contributed by atoms with van der Waals surface area (Å²) in [6.07, 6.45) is 2.47. The second-order valence-corrected chi connectivity index (χ2v) is 5.46. The first kappa shape index (κ1) is 17.4. The maximum absolute atomic E-state index is 11.7. The standard InChI is InChI=1S/C19H21N3O2/c1-3-15-8-10-17(11-9-15)13-21-22-19(24)18(23)20-12-16-6-4-14(2)5-7-16/h4-11,13H,3,12H2,1-2H3,(H,20,23)(H,22,24)/b21-13-. The summed E-state index contributed by atoms with van der Waals surface area (Å²) in [5.41, 5.74) is 6.38. The fraction of sp³-hybridized carbons (Fsp3) is 0.211. The smallest absolute Gasteiger partial charge is 0.329 e. The van der Waals surface area contributed by atoms with Crippen LogP contribution < -0.4 is 10.7 Å². The van der Waals surface area contributed by atoms with Gasteiger partial charge in [-0.1, -0.05) is 61.0 Å². The normalized spacial score (nSPS) is 10.6. The topological polar surface area (TPSA) is 70.6 Å². The van der Waals surface area contributed by atoms with E-state index in [1.54, 1.807) is 0 Å². The Balaban J connectivity index is 1.79. The van der Waals surface area contributed by atoms with Crippen LogP contribution in [0.4, 0.5) is 0 Å². The van der Waals surface area contributed by atoms with E-state index in [0.29, 0.717) is 6.54 Å². The van der Waals surface area contributed by atoms with Crippen LogP contribution in [-0.4, -0.2) is 18.0 Å². The average Bonchev–Trinajstić information content (AvgIpc) is 2.61. The molecule has 0 saturated heterocycles. The van der Waals surface area contributed by atoms with Crippen molar-refractivity contribution in [2.75, 3.05) is 0 Å². The fourth-order valence-electron chi connectivity index (χ4n) is 2.02. The second kappa shape index (κ2) is 8.62. The molecule has 0 unspecified atom stereocenters. The molecular weight excluding hydrogens is 302 g/mol. The van der Waals surface area contributed by atoms with Crippen molar-refractivity contribution in [2.45, 2.75) is 26.8 Å². The molecule has 0 aliphatic rings. The molecule has 0 heterocycles. The summed E-state index contributed by atoms with van der Waals surface area (Å²) in [6.45, 7) is 4.37. The molecule has 0 radical (unpaired) electrons. The third-order valence-corrected chi connectivity index (χ3v) is 3.55. The monoisotopic (exact) mass is 323 g/mol. The molecule has 2 amide bonds. The van der Waals surface area contributed by atoms with E-state index in [2.05, 4.69) is 22.8 Å². The van der Waals surface area contributed by atoms with Gasteiger partial charge in [0.1, 0.15) is 0 Å². The van der Waals surface area contributed by atoms with Crippen molar-refractivity contribution in [1.29, 1.82) is 0 Å². The third kappa shape index (κ3) is 5.35. The zero-order valence-corrected chi connectivity index (χ0v) is 13.9. The molecule has 2 aromatic carbocycles. The molecular formula is C19H21N3O2. The van der Waals surface area contributed by atoms with Crippen LogP contribution in [0.2, 0.25) is 0 Å². The first-order chi connectivity index (χ1) is 11.6.